The number of aliphatic carboxylic acids is 1. The van der Waals surface area contributed by atoms with Crippen LogP contribution in [0.5, 0.6) is 0 Å². The fourth-order valence-corrected chi connectivity index (χ4v) is 2.17. The van der Waals surface area contributed by atoms with Gasteiger partial charge in [-0.2, -0.15) is 11.8 Å². The second kappa shape index (κ2) is 6.34. The number of furan rings is 1. The van der Waals surface area contributed by atoms with Gasteiger partial charge in [-0.15, -0.1) is 0 Å². The summed E-state index contributed by atoms with van der Waals surface area (Å²) in [6.45, 7) is 1.64. The maximum atomic E-state index is 11.3. The van der Waals surface area contributed by atoms with Gasteiger partial charge in [0.25, 0.3) is 0 Å². The van der Waals surface area contributed by atoms with Gasteiger partial charge in [0.1, 0.15) is 11.3 Å². The van der Waals surface area contributed by atoms with Crippen LogP contribution in [0.2, 0.25) is 0 Å². The van der Waals surface area contributed by atoms with Gasteiger partial charge in [-0.1, -0.05) is 6.92 Å². The number of thioether (sulfide) groups is 1. The number of carboxylic acids is 1. The van der Waals surface area contributed by atoms with E-state index in [0.717, 1.165) is 0 Å². The largest absolute Gasteiger partial charge is 0.481 e. The Morgan fingerprint density at radius 1 is 1.59 bits per heavy atom. The van der Waals surface area contributed by atoms with Gasteiger partial charge in [0.2, 0.25) is 0 Å². The van der Waals surface area contributed by atoms with Gasteiger partial charge in [0.05, 0.1) is 25.0 Å². The first-order chi connectivity index (χ1) is 8.06. The molecule has 17 heavy (non-hydrogen) atoms. The van der Waals surface area contributed by atoms with E-state index < -0.39 is 17.9 Å². The summed E-state index contributed by atoms with van der Waals surface area (Å²) < 4.78 is 9.76. The monoisotopic (exact) mass is 258 g/mol. The summed E-state index contributed by atoms with van der Waals surface area (Å²) in [5.74, 6) is -0.257. The Morgan fingerprint density at radius 3 is 2.88 bits per heavy atom. The van der Waals surface area contributed by atoms with Crippen LogP contribution in [0.4, 0.5) is 0 Å². The number of methoxy groups -OCH3 is 1. The number of hydrogen-bond donors (Lipinski definition) is 1. The molecule has 1 unspecified atom stereocenters. The minimum Gasteiger partial charge on any atom is -0.481 e. The van der Waals surface area contributed by atoms with Gasteiger partial charge in [0, 0.05) is 5.75 Å². The van der Waals surface area contributed by atoms with E-state index in [2.05, 4.69) is 4.74 Å². The Labute approximate surface area is 103 Å². The molecule has 0 radical (unpaired) electrons. The zero-order valence-corrected chi connectivity index (χ0v) is 10.5. The number of carbonyl (C=O) groups is 2. The summed E-state index contributed by atoms with van der Waals surface area (Å²) in [7, 11) is 1.30. The maximum Gasteiger partial charge on any atom is 0.341 e. The number of rotatable bonds is 6. The van der Waals surface area contributed by atoms with Crippen molar-refractivity contribution >= 4 is 23.7 Å². The average molecular weight is 258 g/mol. The van der Waals surface area contributed by atoms with Crippen LogP contribution in [0.15, 0.2) is 16.7 Å². The normalized spacial score (nSPS) is 12.1. The first-order valence-electron chi connectivity index (χ1n) is 5.01. The molecule has 5 nitrogen and oxygen atoms in total. The van der Waals surface area contributed by atoms with E-state index in [1.54, 1.807) is 13.0 Å². The quantitative estimate of drug-likeness (QED) is 0.787. The molecule has 0 amide bonds. The molecule has 1 rings (SSSR count). The molecule has 0 aliphatic heterocycles. The molecule has 0 spiro atoms. The molecule has 1 aromatic rings. The van der Waals surface area contributed by atoms with E-state index in [0.29, 0.717) is 22.8 Å². The molecule has 0 bridgehead atoms. The van der Waals surface area contributed by atoms with E-state index in [1.165, 1.54) is 25.1 Å². The minimum atomic E-state index is -0.829. The maximum absolute atomic E-state index is 11.3. The molecule has 1 atom stereocenters. The minimum absolute atomic E-state index is 0.392. The van der Waals surface area contributed by atoms with Gasteiger partial charge in [-0.3, -0.25) is 4.79 Å². The number of carboxylic acid groups (broad SMARTS) is 1. The molecule has 6 heteroatoms. The van der Waals surface area contributed by atoms with Crippen LogP contribution >= 0.6 is 11.8 Å². The van der Waals surface area contributed by atoms with Crippen LogP contribution in [-0.2, 0) is 15.3 Å². The van der Waals surface area contributed by atoms with Gasteiger partial charge in [0.15, 0.2) is 0 Å². The van der Waals surface area contributed by atoms with Crippen molar-refractivity contribution in [2.45, 2.75) is 12.7 Å². The molecule has 94 valence electrons. The molecule has 0 aromatic carbocycles. The smallest absolute Gasteiger partial charge is 0.341 e. The molecule has 0 fully saturated rings. The summed E-state index contributed by atoms with van der Waals surface area (Å²) in [6.07, 6.45) is 1.42. The van der Waals surface area contributed by atoms with Gasteiger partial charge in [-0.05, 0) is 6.07 Å². The van der Waals surface area contributed by atoms with Crippen molar-refractivity contribution in [1.29, 1.82) is 0 Å². The lowest BCUT2D eigenvalue weighted by atomic mass is 10.2. The highest BCUT2D eigenvalue weighted by Crippen LogP contribution is 2.20. The van der Waals surface area contributed by atoms with Crippen molar-refractivity contribution in [1.82, 2.24) is 0 Å². The summed E-state index contributed by atoms with van der Waals surface area (Å²) in [6, 6.07) is 1.54. The fraction of sp³-hybridized carbons (Fsp3) is 0.455. The first kappa shape index (κ1) is 13.6. The van der Waals surface area contributed by atoms with Crippen molar-refractivity contribution in [2.75, 3.05) is 12.9 Å². The first-order valence-corrected chi connectivity index (χ1v) is 6.17. The average Bonchev–Trinajstić information content (AvgIpc) is 2.76. The summed E-state index contributed by atoms with van der Waals surface area (Å²) in [5.41, 5.74) is 0.392. The fourth-order valence-electron chi connectivity index (χ4n) is 1.14. The third-order valence-corrected chi connectivity index (χ3v) is 3.38. The Balaban J connectivity index is 2.50. The predicted molar refractivity (Wildman–Crippen MR) is 63.0 cm³/mol. The second-order valence-corrected chi connectivity index (χ2v) is 4.53. The Morgan fingerprint density at radius 2 is 2.29 bits per heavy atom. The number of hydrogen-bond acceptors (Lipinski definition) is 5. The van der Waals surface area contributed by atoms with E-state index in [1.807, 2.05) is 0 Å². The van der Waals surface area contributed by atoms with E-state index >= 15 is 0 Å². The van der Waals surface area contributed by atoms with E-state index in [4.69, 9.17) is 9.52 Å². The number of carbonyl (C=O) groups excluding carboxylic acids is 1. The van der Waals surface area contributed by atoms with Crippen LogP contribution in [0.1, 0.15) is 23.0 Å². The molecule has 0 saturated carbocycles. The Kier molecular flexibility index (Phi) is 5.09. The van der Waals surface area contributed by atoms with Crippen molar-refractivity contribution in [2.24, 2.45) is 5.92 Å². The zero-order valence-electron chi connectivity index (χ0n) is 9.63. The summed E-state index contributed by atoms with van der Waals surface area (Å²) in [5, 5.41) is 8.71. The van der Waals surface area contributed by atoms with Crippen LogP contribution in [0.3, 0.4) is 0 Å². The summed E-state index contributed by atoms with van der Waals surface area (Å²) in [4.78, 5) is 21.9. The highest BCUT2D eigenvalue weighted by Gasteiger charge is 2.16. The molecule has 0 aliphatic carbocycles. The van der Waals surface area contributed by atoms with Gasteiger partial charge in [-0.25, -0.2) is 4.79 Å². The molecule has 1 aromatic heterocycles. The lowest BCUT2D eigenvalue weighted by molar-refractivity contribution is -0.140. The van der Waals surface area contributed by atoms with Crippen molar-refractivity contribution in [3.05, 3.63) is 23.7 Å². The van der Waals surface area contributed by atoms with Crippen LogP contribution in [0, 0.1) is 5.92 Å². The molecule has 0 saturated heterocycles. The molecule has 1 N–H and O–H groups in total. The SMILES string of the molecule is COC(=O)c1ccoc1CSCC(C)C(=O)O. The molecular weight excluding hydrogens is 244 g/mol. The second-order valence-electron chi connectivity index (χ2n) is 3.50. The third kappa shape index (κ3) is 3.81. The standard InChI is InChI=1S/C11H14O5S/c1-7(10(12)13)5-17-6-9-8(3-4-16-9)11(14)15-2/h3-4,7H,5-6H2,1-2H3,(H,12,13). The van der Waals surface area contributed by atoms with Crippen LogP contribution in [-0.4, -0.2) is 29.9 Å². The van der Waals surface area contributed by atoms with Crippen LogP contribution in [0.25, 0.3) is 0 Å². The number of esters is 1. The van der Waals surface area contributed by atoms with Crippen LogP contribution < -0.4 is 0 Å². The van der Waals surface area contributed by atoms with E-state index in [-0.39, 0.29) is 0 Å². The van der Waals surface area contributed by atoms with Crippen molar-refractivity contribution in [3.8, 4) is 0 Å². The van der Waals surface area contributed by atoms with Gasteiger partial charge >= 0.3 is 11.9 Å². The third-order valence-electron chi connectivity index (χ3n) is 2.17. The number of ether oxygens (including phenoxy) is 1. The lowest BCUT2D eigenvalue weighted by Crippen LogP contribution is -2.12. The molecule has 1 heterocycles. The van der Waals surface area contributed by atoms with Crippen molar-refractivity contribution < 1.29 is 23.8 Å². The molecule has 0 aliphatic rings. The topological polar surface area (TPSA) is 76.7 Å². The van der Waals surface area contributed by atoms with Gasteiger partial charge < -0.3 is 14.3 Å². The van der Waals surface area contributed by atoms with E-state index in [9.17, 15) is 9.59 Å². The lowest BCUT2D eigenvalue weighted by Gasteiger charge is -2.05. The molecular formula is C11H14O5S. The highest BCUT2D eigenvalue weighted by molar-refractivity contribution is 7.98. The Bertz CT molecular complexity index is 398. The Hall–Kier alpha value is -1.43. The highest BCUT2D eigenvalue weighted by atomic mass is 32.2. The predicted octanol–water partition coefficient (Wildman–Crippen LogP) is 2.02. The zero-order chi connectivity index (χ0) is 12.8. The summed E-state index contributed by atoms with van der Waals surface area (Å²) >= 11 is 1.41. The van der Waals surface area contributed by atoms with Crippen molar-refractivity contribution in [3.63, 3.8) is 0 Å².